The maximum absolute atomic E-state index is 11.9. The van der Waals surface area contributed by atoms with Crippen LogP contribution in [0.3, 0.4) is 0 Å². The molecule has 1 aromatic carbocycles. The van der Waals surface area contributed by atoms with E-state index < -0.39 is 22.0 Å². The van der Waals surface area contributed by atoms with Crippen molar-refractivity contribution in [3.8, 4) is 16.3 Å². The summed E-state index contributed by atoms with van der Waals surface area (Å²) in [5.41, 5.74) is 0.934. The average Bonchev–Trinajstić information content (AvgIpc) is 3.00. The summed E-state index contributed by atoms with van der Waals surface area (Å²) in [5, 5.41) is 3.51. The van der Waals surface area contributed by atoms with E-state index in [-0.39, 0.29) is 6.54 Å². The van der Waals surface area contributed by atoms with Gasteiger partial charge in [-0.25, -0.2) is 18.1 Å². The lowest BCUT2D eigenvalue weighted by atomic mass is 10.2. The van der Waals surface area contributed by atoms with E-state index in [1.807, 2.05) is 24.3 Å². The van der Waals surface area contributed by atoms with Gasteiger partial charge in [-0.3, -0.25) is 4.79 Å². The van der Waals surface area contributed by atoms with Gasteiger partial charge in [0.15, 0.2) is 0 Å². The van der Waals surface area contributed by atoms with E-state index in [1.165, 1.54) is 18.3 Å². The molecule has 2 N–H and O–H groups in total. The van der Waals surface area contributed by atoms with Gasteiger partial charge in [-0.15, -0.1) is 11.3 Å². The monoisotopic (exact) mass is 369 g/mol. The quantitative estimate of drug-likeness (QED) is 0.768. The van der Waals surface area contributed by atoms with Crippen LogP contribution in [0.25, 0.3) is 10.6 Å². The van der Waals surface area contributed by atoms with Gasteiger partial charge in [0.1, 0.15) is 10.8 Å². The zero-order chi connectivity index (χ0) is 17.7. The van der Waals surface area contributed by atoms with Crippen LogP contribution in [0.2, 0.25) is 0 Å². The van der Waals surface area contributed by atoms with Crippen molar-refractivity contribution in [2.24, 2.45) is 0 Å². The zero-order valence-electron chi connectivity index (χ0n) is 13.6. The molecular formula is C15H19N3O4S2. The first-order valence-corrected chi connectivity index (χ1v) is 9.83. The number of aromatic nitrogens is 1. The van der Waals surface area contributed by atoms with Crippen LogP contribution in [0, 0.1) is 0 Å². The third kappa shape index (κ3) is 5.29. The van der Waals surface area contributed by atoms with Crippen LogP contribution >= 0.6 is 11.3 Å². The minimum absolute atomic E-state index is 0.288. The molecule has 0 saturated heterocycles. The molecule has 1 atom stereocenters. The Hall–Kier alpha value is -1.97. The lowest BCUT2D eigenvalue weighted by Crippen LogP contribution is -2.44. The Kier molecular flexibility index (Phi) is 5.92. The summed E-state index contributed by atoms with van der Waals surface area (Å²) in [5.74, 6) is 0.356. The molecule has 0 spiro atoms. The first-order chi connectivity index (χ1) is 11.3. The Morgan fingerprint density at radius 3 is 2.83 bits per heavy atom. The molecule has 0 aliphatic heterocycles. The number of amides is 1. The fraction of sp³-hybridized carbons (Fsp3) is 0.333. The lowest BCUT2D eigenvalue weighted by molar-refractivity contribution is -0.122. The SMILES string of the molecule is COc1cccc(-c2ncc(CNC(=O)[C@@H](C)NS(C)(=O)=O)s2)c1. The van der Waals surface area contributed by atoms with Gasteiger partial charge in [0.25, 0.3) is 0 Å². The Morgan fingerprint density at radius 1 is 1.42 bits per heavy atom. The number of nitrogens with zero attached hydrogens (tertiary/aromatic N) is 1. The van der Waals surface area contributed by atoms with E-state index >= 15 is 0 Å². The standard InChI is InChI=1S/C15H19N3O4S2/c1-10(18-24(3,20)21)14(19)16-8-13-9-17-15(23-13)11-5-4-6-12(7-11)22-2/h4-7,9-10,18H,8H2,1-3H3,(H,16,19)/t10-/m1/s1. The summed E-state index contributed by atoms with van der Waals surface area (Å²) in [7, 11) is -1.82. The van der Waals surface area contributed by atoms with Gasteiger partial charge < -0.3 is 10.1 Å². The second-order valence-corrected chi connectivity index (χ2v) is 8.09. The fourth-order valence-electron chi connectivity index (χ4n) is 1.98. The van der Waals surface area contributed by atoms with Gasteiger partial charge >= 0.3 is 0 Å². The Labute approximate surface area is 145 Å². The van der Waals surface area contributed by atoms with Gasteiger partial charge in [-0.2, -0.15) is 0 Å². The van der Waals surface area contributed by atoms with Gasteiger partial charge in [-0.1, -0.05) is 12.1 Å². The number of hydrogen-bond acceptors (Lipinski definition) is 6. The maximum Gasteiger partial charge on any atom is 0.238 e. The number of benzene rings is 1. The number of thiazole rings is 1. The summed E-state index contributed by atoms with van der Waals surface area (Å²) >= 11 is 1.45. The molecule has 9 heteroatoms. The molecule has 1 aromatic heterocycles. The van der Waals surface area contributed by atoms with Crippen LogP contribution in [0.15, 0.2) is 30.5 Å². The highest BCUT2D eigenvalue weighted by atomic mass is 32.2. The number of methoxy groups -OCH3 is 1. The molecule has 1 amide bonds. The first-order valence-electron chi connectivity index (χ1n) is 7.12. The molecule has 0 bridgehead atoms. The summed E-state index contributed by atoms with van der Waals surface area (Å²) in [4.78, 5) is 17.1. The van der Waals surface area contributed by atoms with Crippen LogP contribution < -0.4 is 14.8 Å². The highest BCUT2D eigenvalue weighted by Gasteiger charge is 2.17. The molecule has 7 nitrogen and oxygen atoms in total. The topological polar surface area (TPSA) is 97.4 Å². The third-order valence-electron chi connectivity index (χ3n) is 3.09. The zero-order valence-corrected chi connectivity index (χ0v) is 15.2. The molecule has 130 valence electrons. The van der Waals surface area contributed by atoms with Gasteiger partial charge in [-0.05, 0) is 19.1 Å². The van der Waals surface area contributed by atoms with E-state index in [0.717, 1.165) is 27.5 Å². The number of carbonyl (C=O) groups excluding carboxylic acids is 1. The molecule has 0 aliphatic carbocycles. The van der Waals surface area contributed by atoms with Crippen molar-refractivity contribution in [3.05, 3.63) is 35.3 Å². The number of sulfonamides is 1. The molecule has 0 radical (unpaired) electrons. The van der Waals surface area contributed by atoms with E-state index in [2.05, 4.69) is 15.0 Å². The molecule has 0 fully saturated rings. The average molecular weight is 369 g/mol. The lowest BCUT2D eigenvalue weighted by Gasteiger charge is -2.11. The fourth-order valence-corrected chi connectivity index (χ4v) is 3.58. The normalized spacial score (nSPS) is 12.6. The van der Waals surface area contributed by atoms with E-state index in [9.17, 15) is 13.2 Å². The number of hydrogen-bond donors (Lipinski definition) is 2. The predicted molar refractivity (Wildman–Crippen MR) is 93.4 cm³/mol. The van der Waals surface area contributed by atoms with Crippen molar-refractivity contribution in [2.75, 3.05) is 13.4 Å². The number of nitrogens with one attached hydrogen (secondary N) is 2. The molecule has 2 aromatic rings. The van der Waals surface area contributed by atoms with E-state index in [4.69, 9.17) is 4.74 Å². The maximum atomic E-state index is 11.9. The smallest absolute Gasteiger partial charge is 0.238 e. The van der Waals surface area contributed by atoms with Gasteiger partial charge in [0, 0.05) is 16.6 Å². The number of carbonyl (C=O) groups is 1. The molecule has 1 heterocycles. The molecule has 24 heavy (non-hydrogen) atoms. The van der Waals surface area contributed by atoms with E-state index in [0.29, 0.717) is 0 Å². The Morgan fingerprint density at radius 2 is 2.17 bits per heavy atom. The van der Waals surface area contributed by atoms with Crippen molar-refractivity contribution in [1.29, 1.82) is 0 Å². The summed E-state index contributed by atoms with van der Waals surface area (Å²) in [6, 6.07) is 6.73. The van der Waals surface area contributed by atoms with Crippen LogP contribution in [-0.2, 0) is 21.4 Å². The summed E-state index contributed by atoms with van der Waals surface area (Å²) in [6.07, 6.45) is 2.70. The predicted octanol–water partition coefficient (Wildman–Crippen LogP) is 1.37. The van der Waals surface area contributed by atoms with Crippen LogP contribution in [0.5, 0.6) is 5.75 Å². The highest BCUT2D eigenvalue weighted by molar-refractivity contribution is 7.88. The van der Waals surface area contributed by atoms with E-state index in [1.54, 1.807) is 13.3 Å². The molecule has 0 unspecified atom stereocenters. The number of ether oxygens (including phenoxy) is 1. The third-order valence-corrected chi connectivity index (χ3v) is 4.92. The van der Waals surface area contributed by atoms with Crippen molar-refractivity contribution in [2.45, 2.75) is 19.5 Å². The second kappa shape index (κ2) is 7.73. The van der Waals surface area contributed by atoms with Gasteiger partial charge in [0.05, 0.1) is 26.0 Å². The molecule has 0 aliphatic rings. The summed E-state index contributed by atoms with van der Waals surface area (Å²) in [6.45, 7) is 1.78. The van der Waals surface area contributed by atoms with Gasteiger partial charge in [0.2, 0.25) is 15.9 Å². The molecule has 0 saturated carbocycles. The largest absolute Gasteiger partial charge is 0.497 e. The first kappa shape index (κ1) is 18.4. The minimum atomic E-state index is -3.42. The van der Waals surface area contributed by atoms with Crippen molar-refractivity contribution in [3.63, 3.8) is 0 Å². The Balaban J connectivity index is 1.97. The molecular weight excluding hydrogens is 350 g/mol. The van der Waals surface area contributed by atoms with Crippen molar-refractivity contribution < 1.29 is 17.9 Å². The van der Waals surface area contributed by atoms with Crippen molar-refractivity contribution >= 4 is 27.3 Å². The van der Waals surface area contributed by atoms with Crippen LogP contribution in [0.1, 0.15) is 11.8 Å². The second-order valence-electron chi connectivity index (χ2n) is 5.19. The Bertz CT molecular complexity index is 818. The highest BCUT2D eigenvalue weighted by Crippen LogP contribution is 2.27. The molecule has 2 rings (SSSR count). The van der Waals surface area contributed by atoms with Crippen LogP contribution in [-0.4, -0.2) is 38.7 Å². The summed E-state index contributed by atoms with van der Waals surface area (Å²) < 4.78 is 29.7. The van der Waals surface area contributed by atoms with Crippen molar-refractivity contribution in [1.82, 2.24) is 15.0 Å². The van der Waals surface area contributed by atoms with Crippen LogP contribution in [0.4, 0.5) is 0 Å². The number of rotatable bonds is 7. The minimum Gasteiger partial charge on any atom is -0.497 e.